The maximum absolute atomic E-state index is 13.5. The number of aliphatic hydroxyl groups is 1. The van der Waals surface area contributed by atoms with E-state index < -0.39 is 12.5 Å². The summed E-state index contributed by atoms with van der Waals surface area (Å²) >= 11 is 1.53. The number of nitrogens with zero attached hydrogens (tertiary/aromatic N) is 7. The van der Waals surface area contributed by atoms with Gasteiger partial charge in [0.15, 0.2) is 5.65 Å². The van der Waals surface area contributed by atoms with Crippen LogP contribution in [0.4, 0.5) is 14.5 Å². The molecule has 1 aromatic carbocycles. The van der Waals surface area contributed by atoms with Crippen molar-refractivity contribution in [2.24, 2.45) is 0 Å². The minimum atomic E-state index is -3.09. The lowest BCUT2D eigenvalue weighted by atomic mass is 10.0. The molecule has 0 saturated carbocycles. The first-order valence-corrected chi connectivity index (χ1v) is 16.7. The van der Waals surface area contributed by atoms with E-state index in [1.54, 1.807) is 35.5 Å². The van der Waals surface area contributed by atoms with Gasteiger partial charge in [-0.2, -0.15) is 19.0 Å². The average molecular weight is 685 g/mol. The third-order valence-corrected chi connectivity index (χ3v) is 9.33. The van der Waals surface area contributed by atoms with E-state index in [-0.39, 0.29) is 58.7 Å². The number of rotatable bonds is 11. The van der Waals surface area contributed by atoms with E-state index in [0.717, 1.165) is 24.3 Å². The molecule has 6 rings (SSSR count). The van der Waals surface area contributed by atoms with Crippen molar-refractivity contribution in [2.75, 3.05) is 44.7 Å². The maximum Gasteiger partial charge on any atom is 0.387 e. The number of nitrogens with one attached hydrogen (secondary N) is 1. The summed E-state index contributed by atoms with van der Waals surface area (Å²) in [5.74, 6) is -0.805. The van der Waals surface area contributed by atoms with Gasteiger partial charge < -0.3 is 24.8 Å². The molecule has 2 aliphatic rings. The number of benzene rings is 1. The van der Waals surface area contributed by atoms with E-state index >= 15 is 0 Å². The number of halogens is 2. The van der Waals surface area contributed by atoms with Gasteiger partial charge in [-0.15, -0.1) is 11.8 Å². The molecule has 48 heavy (non-hydrogen) atoms. The number of piperidine rings is 1. The SMILES string of the molecule is CC(C)Sc1ccc(OC(F)F)c(-c2nn(CC(=O)N3CCC(N4CCO[C@H](CO)C4)CC3)cc2NC(=O)c2cnn3cccnc23)c1. The Morgan fingerprint density at radius 3 is 2.77 bits per heavy atom. The molecule has 2 amide bonds. The van der Waals surface area contributed by atoms with E-state index in [1.807, 2.05) is 13.8 Å². The Morgan fingerprint density at radius 2 is 2.02 bits per heavy atom. The number of thioether (sulfide) groups is 1. The lowest BCUT2D eigenvalue weighted by Gasteiger charge is -2.42. The number of likely N-dealkylation sites (tertiary alicyclic amines) is 1. The normalized spacial score (nSPS) is 17.8. The van der Waals surface area contributed by atoms with Crippen molar-refractivity contribution in [3.63, 3.8) is 0 Å². The van der Waals surface area contributed by atoms with Crippen molar-refractivity contribution in [2.45, 2.75) is 62.1 Å². The summed E-state index contributed by atoms with van der Waals surface area (Å²) in [6.45, 7) is 3.94. The number of carbonyl (C=O) groups is 2. The lowest BCUT2D eigenvalue weighted by molar-refractivity contribution is -0.134. The van der Waals surface area contributed by atoms with Gasteiger partial charge >= 0.3 is 6.61 Å². The second kappa shape index (κ2) is 15.0. The third-order valence-electron chi connectivity index (χ3n) is 8.33. The predicted octanol–water partition coefficient (Wildman–Crippen LogP) is 3.63. The van der Waals surface area contributed by atoms with E-state index in [4.69, 9.17) is 9.47 Å². The number of aromatic nitrogens is 5. The van der Waals surface area contributed by atoms with Crippen LogP contribution < -0.4 is 10.1 Å². The van der Waals surface area contributed by atoms with Crippen LogP contribution in [0.15, 0.2) is 53.9 Å². The first-order chi connectivity index (χ1) is 23.2. The summed E-state index contributed by atoms with van der Waals surface area (Å²) in [4.78, 5) is 36.2. The lowest BCUT2D eigenvalue weighted by Crippen LogP contribution is -2.53. The Morgan fingerprint density at radius 1 is 1.21 bits per heavy atom. The van der Waals surface area contributed by atoms with Crippen LogP contribution in [0.25, 0.3) is 16.9 Å². The number of carbonyl (C=O) groups excluding carboxylic acids is 2. The topological polar surface area (TPSA) is 139 Å². The van der Waals surface area contributed by atoms with E-state index in [9.17, 15) is 23.5 Å². The van der Waals surface area contributed by atoms with E-state index in [0.29, 0.717) is 37.9 Å². The zero-order valence-electron chi connectivity index (χ0n) is 26.7. The number of morpholine rings is 1. The highest BCUT2D eigenvalue weighted by Gasteiger charge is 2.31. The molecular formula is C32H38F2N8O5S. The Labute approximate surface area is 280 Å². The van der Waals surface area contributed by atoms with Crippen LogP contribution in [0.5, 0.6) is 5.75 Å². The van der Waals surface area contributed by atoms with Gasteiger partial charge in [-0.25, -0.2) is 9.50 Å². The van der Waals surface area contributed by atoms with Crippen molar-refractivity contribution in [1.82, 2.24) is 34.2 Å². The van der Waals surface area contributed by atoms with E-state index in [2.05, 4.69) is 25.4 Å². The van der Waals surface area contributed by atoms with Gasteiger partial charge in [0, 0.05) is 66.5 Å². The quantitative estimate of drug-likeness (QED) is 0.225. The fourth-order valence-corrected chi connectivity index (χ4v) is 6.99. The molecule has 4 aromatic rings. The molecule has 2 aliphatic heterocycles. The molecule has 256 valence electrons. The number of amides is 2. The number of ether oxygens (including phenoxy) is 2. The molecule has 13 nitrogen and oxygen atoms in total. The van der Waals surface area contributed by atoms with Crippen LogP contribution in [-0.2, 0) is 16.1 Å². The van der Waals surface area contributed by atoms with E-state index in [1.165, 1.54) is 39.4 Å². The molecular weight excluding hydrogens is 646 g/mol. The number of alkyl halides is 2. The van der Waals surface area contributed by atoms with Gasteiger partial charge in [0.1, 0.15) is 23.6 Å². The fourth-order valence-electron chi connectivity index (χ4n) is 6.11. The van der Waals surface area contributed by atoms with Crippen LogP contribution in [0, 0.1) is 0 Å². The van der Waals surface area contributed by atoms with Crippen LogP contribution >= 0.6 is 11.8 Å². The zero-order valence-corrected chi connectivity index (χ0v) is 27.5. The van der Waals surface area contributed by atoms with Gasteiger partial charge in [-0.3, -0.25) is 19.2 Å². The molecule has 0 spiro atoms. The second-order valence-electron chi connectivity index (χ2n) is 12.0. The van der Waals surface area contributed by atoms with Crippen molar-refractivity contribution < 1.29 is 33.0 Å². The summed E-state index contributed by atoms with van der Waals surface area (Å²) in [7, 11) is 0. The highest BCUT2D eigenvalue weighted by atomic mass is 32.2. The standard InChI is InChI=1S/C32H38F2N8O5S/c1-20(2)48-23-4-5-27(47-32(33)34)24(14-23)29-26(37-31(45)25-15-36-42-9-3-8-35-30(25)42)17-41(38-29)18-28(44)39-10-6-21(7-11-39)40-12-13-46-22(16-40)19-43/h3-5,8-9,14-15,17,20-22,32,43H,6-7,10-13,16,18-19H2,1-2H3,(H,37,45)/t22-/m0/s1. The molecule has 2 fully saturated rings. The smallest absolute Gasteiger partial charge is 0.387 e. The van der Waals surface area contributed by atoms with Crippen molar-refractivity contribution in [3.05, 3.63) is 54.6 Å². The molecule has 1 atom stereocenters. The highest BCUT2D eigenvalue weighted by Crippen LogP contribution is 2.39. The molecule has 16 heteroatoms. The number of fused-ring (bicyclic) bond motifs is 1. The molecule has 3 aromatic heterocycles. The zero-order chi connectivity index (χ0) is 33.8. The number of aliphatic hydroxyl groups excluding tert-OH is 1. The molecule has 0 radical (unpaired) electrons. The summed E-state index contributed by atoms with van der Waals surface area (Å²) in [6.07, 6.45) is 7.51. The first-order valence-electron chi connectivity index (χ1n) is 15.9. The monoisotopic (exact) mass is 684 g/mol. The summed E-state index contributed by atoms with van der Waals surface area (Å²) < 4.78 is 40.4. The molecule has 2 N–H and O–H groups in total. The Hall–Kier alpha value is -4.12. The highest BCUT2D eigenvalue weighted by molar-refractivity contribution is 7.99. The van der Waals surface area contributed by atoms with Gasteiger partial charge in [-0.05, 0) is 37.1 Å². The number of hydrogen-bond donors (Lipinski definition) is 2. The van der Waals surface area contributed by atoms with Crippen LogP contribution in [0.2, 0.25) is 0 Å². The Bertz CT molecular complexity index is 1740. The van der Waals surface area contributed by atoms with Crippen molar-refractivity contribution in [1.29, 1.82) is 0 Å². The molecule has 5 heterocycles. The van der Waals surface area contributed by atoms with Crippen LogP contribution in [0.1, 0.15) is 37.0 Å². The van der Waals surface area contributed by atoms with Gasteiger partial charge in [-0.1, -0.05) is 13.8 Å². The summed E-state index contributed by atoms with van der Waals surface area (Å²) in [5, 5.41) is 21.4. The minimum Gasteiger partial charge on any atom is -0.434 e. The number of anilines is 1. The predicted molar refractivity (Wildman–Crippen MR) is 174 cm³/mol. The largest absolute Gasteiger partial charge is 0.434 e. The third kappa shape index (κ3) is 7.77. The molecule has 0 aliphatic carbocycles. The van der Waals surface area contributed by atoms with Crippen molar-refractivity contribution >= 4 is 34.9 Å². The second-order valence-corrected chi connectivity index (χ2v) is 13.6. The van der Waals surface area contributed by atoms with Gasteiger partial charge in [0.05, 0.1) is 31.2 Å². The Balaban J connectivity index is 1.26. The molecule has 0 unspecified atom stereocenters. The summed E-state index contributed by atoms with van der Waals surface area (Å²) in [6, 6.07) is 6.83. The van der Waals surface area contributed by atoms with Crippen molar-refractivity contribution in [3.8, 4) is 17.0 Å². The van der Waals surface area contributed by atoms with Gasteiger partial charge in [0.25, 0.3) is 5.91 Å². The molecule has 2 saturated heterocycles. The Kier molecular flexibility index (Phi) is 10.5. The minimum absolute atomic E-state index is 0.0190. The first kappa shape index (κ1) is 33.8. The number of hydrogen-bond acceptors (Lipinski definition) is 10. The van der Waals surface area contributed by atoms with Gasteiger partial charge in [0.2, 0.25) is 5.91 Å². The summed E-state index contributed by atoms with van der Waals surface area (Å²) in [5.41, 5.74) is 1.16. The van der Waals surface area contributed by atoms with Crippen LogP contribution in [-0.4, -0.2) is 114 Å². The average Bonchev–Trinajstić information content (AvgIpc) is 3.69. The molecule has 0 bridgehead atoms. The fraction of sp³-hybridized carbons (Fsp3) is 0.469. The maximum atomic E-state index is 13.5. The van der Waals surface area contributed by atoms with Crippen LogP contribution in [0.3, 0.4) is 0 Å².